The Morgan fingerprint density at radius 2 is 2.17 bits per heavy atom. The largest absolute Gasteiger partial charge is 0.469 e. The van der Waals surface area contributed by atoms with Crippen molar-refractivity contribution in [3.63, 3.8) is 0 Å². The fourth-order valence-corrected chi connectivity index (χ4v) is 3.36. The van der Waals surface area contributed by atoms with Crippen molar-refractivity contribution in [2.24, 2.45) is 5.92 Å². The summed E-state index contributed by atoms with van der Waals surface area (Å²) in [6, 6.07) is 5.82. The highest BCUT2D eigenvalue weighted by Crippen LogP contribution is 2.48. The summed E-state index contributed by atoms with van der Waals surface area (Å²) in [5.41, 5.74) is 0.909. The summed E-state index contributed by atoms with van der Waals surface area (Å²) in [6.07, 6.45) is 2.60. The van der Waals surface area contributed by atoms with Crippen LogP contribution in [0.4, 0.5) is 0 Å². The highest BCUT2D eigenvalue weighted by molar-refractivity contribution is 5.83. The number of aromatic nitrogens is 1. The topological polar surface area (TPSA) is 62.7 Å². The Kier molecular flexibility index (Phi) is 3.69. The van der Waals surface area contributed by atoms with E-state index in [1.807, 2.05) is 30.0 Å². The normalized spacial score (nSPS) is 24.8. The SMILES string of the molecule is Cc1cc(CN2CCN(C(=O)[C@H]3C[C@H]3c3ccco3)CC2)on1. The molecule has 2 aliphatic rings. The van der Waals surface area contributed by atoms with Gasteiger partial charge in [-0.3, -0.25) is 9.69 Å². The molecule has 122 valence electrons. The second-order valence-corrected chi connectivity index (χ2v) is 6.50. The van der Waals surface area contributed by atoms with Gasteiger partial charge in [-0.1, -0.05) is 5.16 Å². The lowest BCUT2D eigenvalue weighted by Gasteiger charge is -2.34. The van der Waals surface area contributed by atoms with Crippen molar-refractivity contribution >= 4 is 5.91 Å². The molecule has 0 aromatic carbocycles. The number of piperazine rings is 1. The number of aryl methyl sites for hydroxylation is 1. The maximum Gasteiger partial charge on any atom is 0.226 e. The van der Waals surface area contributed by atoms with Gasteiger partial charge in [0.25, 0.3) is 0 Å². The molecule has 1 aliphatic carbocycles. The minimum Gasteiger partial charge on any atom is -0.469 e. The molecule has 1 amide bonds. The number of carbonyl (C=O) groups is 1. The van der Waals surface area contributed by atoms with Crippen LogP contribution in [0.5, 0.6) is 0 Å². The van der Waals surface area contributed by atoms with Crippen LogP contribution in [0.25, 0.3) is 0 Å². The lowest BCUT2D eigenvalue weighted by molar-refractivity contribution is -0.134. The number of amides is 1. The molecule has 0 N–H and O–H groups in total. The Morgan fingerprint density at radius 3 is 2.83 bits per heavy atom. The fourth-order valence-electron chi connectivity index (χ4n) is 3.36. The van der Waals surface area contributed by atoms with Crippen molar-refractivity contribution < 1.29 is 13.7 Å². The van der Waals surface area contributed by atoms with Gasteiger partial charge in [0.15, 0.2) is 5.76 Å². The van der Waals surface area contributed by atoms with Crippen LogP contribution < -0.4 is 0 Å². The Hall–Kier alpha value is -2.08. The first-order valence-electron chi connectivity index (χ1n) is 8.17. The first-order chi connectivity index (χ1) is 11.2. The number of carbonyl (C=O) groups excluding carboxylic acids is 1. The van der Waals surface area contributed by atoms with E-state index in [1.165, 1.54) is 0 Å². The molecule has 2 fully saturated rings. The maximum atomic E-state index is 12.6. The van der Waals surface area contributed by atoms with E-state index in [0.717, 1.165) is 56.4 Å². The standard InChI is InChI=1S/C17H21N3O3/c1-12-9-13(23-18-12)11-19-4-6-20(7-5-19)17(21)15-10-14(15)16-3-2-8-22-16/h2-3,8-9,14-15H,4-7,10-11H2,1H3/t14-,15+/m1/s1. The summed E-state index contributed by atoms with van der Waals surface area (Å²) in [4.78, 5) is 16.9. The van der Waals surface area contributed by atoms with Crippen LogP contribution in [0.15, 0.2) is 33.4 Å². The zero-order valence-electron chi connectivity index (χ0n) is 13.3. The van der Waals surface area contributed by atoms with Crippen molar-refractivity contribution in [2.75, 3.05) is 26.2 Å². The van der Waals surface area contributed by atoms with Gasteiger partial charge in [0, 0.05) is 44.1 Å². The molecule has 2 aromatic heterocycles. The highest BCUT2D eigenvalue weighted by atomic mass is 16.5. The van der Waals surface area contributed by atoms with Crippen LogP contribution >= 0.6 is 0 Å². The summed E-state index contributed by atoms with van der Waals surface area (Å²) in [7, 11) is 0. The lowest BCUT2D eigenvalue weighted by Crippen LogP contribution is -2.48. The third kappa shape index (κ3) is 3.03. The van der Waals surface area contributed by atoms with Crippen LogP contribution in [-0.2, 0) is 11.3 Å². The molecule has 0 unspecified atom stereocenters. The van der Waals surface area contributed by atoms with E-state index in [-0.39, 0.29) is 17.7 Å². The Bertz CT molecular complexity index is 671. The van der Waals surface area contributed by atoms with Gasteiger partial charge in [0.1, 0.15) is 5.76 Å². The van der Waals surface area contributed by atoms with E-state index in [0.29, 0.717) is 0 Å². The second-order valence-electron chi connectivity index (χ2n) is 6.50. The van der Waals surface area contributed by atoms with E-state index in [9.17, 15) is 4.79 Å². The summed E-state index contributed by atoms with van der Waals surface area (Å²) in [5, 5.41) is 3.91. The van der Waals surface area contributed by atoms with E-state index in [4.69, 9.17) is 8.94 Å². The zero-order chi connectivity index (χ0) is 15.8. The summed E-state index contributed by atoms with van der Waals surface area (Å²) in [6.45, 7) is 6.02. The van der Waals surface area contributed by atoms with Gasteiger partial charge in [0.05, 0.1) is 18.5 Å². The third-order valence-corrected chi connectivity index (χ3v) is 4.76. The molecule has 2 aromatic rings. The van der Waals surface area contributed by atoms with Gasteiger partial charge in [0.2, 0.25) is 5.91 Å². The first kappa shape index (κ1) is 14.5. The molecule has 1 aliphatic heterocycles. The molecule has 3 heterocycles. The van der Waals surface area contributed by atoms with Crippen molar-refractivity contribution in [3.8, 4) is 0 Å². The lowest BCUT2D eigenvalue weighted by atomic mass is 10.2. The number of furan rings is 1. The smallest absolute Gasteiger partial charge is 0.226 e. The number of nitrogens with zero attached hydrogens (tertiary/aromatic N) is 3. The molecule has 6 heteroatoms. The monoisotopic (exact) mass is 315 g/mol. The molecule has 0 radical (unpaired) electrons. The van der Waals surface area contributed by atoms with E-state index >= 15 is 0 Å². The zero-order valence-corrected chi connectivity index (χ0v) is 13.3. The third-order valence-electron chi connectivity index (χ3n) is 4.76. The summed E-state index contributed by atoms with van der Waals surface area (Å²) >= 11 is 0. The average molecular weight is 315 g/mol. The van der Waals surface area contributed by atoms with Gasteiger partial charge in [-0.2, -0.15) is 0 Å². The highest BCUT2D eigenvalue weighted by Gasteiger charge is 2.47. The Labute approximate surface area is 135 Å². The van der Waals surface area contributed by atoms with E-state index in [2.05, 4.69) is 10.1 Å². The molecular formula is C17H21N3O3. The number of hydrogen-bond donors (Lipinski definition) is 0. The van der Waals surface area contributed by atoms with Crippen LogP contribution in [0.3, 0.4) is 0 Å². The molecule has 0 bridgehead atoms. The molecule has 23 heavy (non-hydrogen) atoms. The minimum absolute atomic E-state index is 0.115. The quantitative estimate of drug-likeness (QED) is 0.864. The fraction of sp³-hybridized carbons (Fsp3) is 0.529. The second kappa shape index (κ2) is 5.85. The molecule has 6 nitrogen and oxygen atoms in total. The summed E-state index contributed by atoms with van der Waals surface area (Å²) in [5.74, 6) is 2.52. The van der Waals surface area contributed by atoms with E-state index < -0.39 is 0 Å². The van der Waals surface area contributed by atoms with Gasteiger partial charge in [-0.15, -0.1) is 0 Å². The van der Waals surface area contributed by atoms with E-state index in [1.54, 1.807) is 6.26 Å². The van der Waals surface area contributed by atoms with Gasteiger partial charge in [-0.05, 0) is 25.5 Å². The number of hydrogen-bond acceptors (Lipinski definition) is 5. The Balaban J connectivity index is 1.27. The molecule has 2 atom stereocenters. The predicted octanol–water partition coefficient (Wildman–Crippen LogP) is 2.02. The van der Waals surface area contributed by atoms with Crippen molar-refractivity contribution in [2.45, 2.75) is 25.8 Å². The van der Waals surface area contributed by atoms with Crippen molar-refractivity contribution in [3.05, 3.63) is 41.7 Å². The van der Waals surface area contributed by atoms with Crippen molar-refractivity contribution in [1.82, 2.24) is 15.0 Å². The Morgan fingerprint density at radius 1 is 1.35 bits per heavy atom. The summed E-state index contributed by atoms with van der Waals surface area (Å²) < 4.78 is 10.7. The molecular weight excluding hydrogens is 294 g/mol. The first-order valence-corrected chi connectivity index (χ1v) is 8.17. The van der Waals surface area contributed by atoms with Crippen LogP contribution in [-0.4, -0.2) is 47.0 Å². The van der Waals surface area contributed by atoms with Crippen LogP contribution in [0.2, 0.25) is 0 Å². The minimum atomic E-state index is 0.115. The molecule has 1 saturated carbocycles. The van der Waals surface area contributed by atoms with Crippen LogP contribution in [0, 0.1) is 12.8 Å². The van der Waals surface area contributed by atoms with Gasteiger partial charge >= 0.3 is 0 Å². The van der Waals surface area contributed by atoms with Crippen molar-refractivity contribution in [1.29, 1.82) is 0 Å². The molecule has 0 spiro atoms. The predicted molar refractivity (Wildman–Crippen MR) is 82.7 cm³/mol. The molecule has 4 rings (SSSR count). The van der Waals surface area contributed by atoms with Gasteiger partial charge in [-0.25, -0.2) is 0 Å². The van der Waals surface area contributed by atoms with Crippen LogP contribution in [0.1, 0.15) is 29.6 Å². The maximum absolute atomic E-state index is 12.6. The molecule has 1 saturated heterocycles. The average Bonchev–Trinajstić information content (AvgIpc) is 2.96. The van der Waals surface area contributed by atoms with Gasteiger partial charge < -0.3 is 13.8 Å². The number of rotatable bonds is 4.